The van der Waals surface area contributed by atoms with Gasteiger partial charge >= 0.3 is 0 Å². The lowest BCUT2D eigenvalue weighted by Gasteiger charge is -2.21. The van der Waals surface area contributed by atoms with E-state index in [0.29, 0.717) is 18.7 Å². The molecule has 0 spiro atoms. The average Bonchev–Trinajstić information content (AvgIpc) is 3.42. The number of rotatable bonds is 8. The van der Waals surface area contributed by atoms with Crippen molar-refractivity contribution in [2.75, 3.05) is 7.11 Å². The first-order valence-electron chi connectivity index (χ1n) is 10.0. The van der Waals surface area contributed by atoms with Gasteiger partial charge in [-0.15, -0.1) is 0 Å². The van der Waals surface area contributed by atoms with Gasteiger partial charge in [-0.2, -0.15) is 0 Å². The summed E-state index contributed by atoms with van der Waals surface area (Å²) >= 11 is 0. The molecule has 0 saturated carbocycles. The van der Waals surface area contributed by atoms with Crippen LogP contribution in [-0.2, 0) is 6.42 Å². The van der Waals surface area contributed by atoms with E-state index in [9.17, 15) is 9.90 Å². The number of aliphatic hydroxyl groups excluding tert-OH is 1. The molecule has 3 N–H and O–H groups in total. The van der Waals surface area contributed by atoms with Crippen LogP contribution in [0.5, 0.6) is 5.75 Å². The molecule has 0 saturated heterocycles. The fourth-order valence-corrected chi connectivity index (χ4v) is 3.65. The second-order valence-corrected chi connectivity index (χ2v) is 7.43. The number of imidazole rings is 1. The van der Waals surface area contributed by atoms with Gasteiger partial charge in [-0.05, 0) is 55.7 Å². The van der Waals surface area contributed by atoms with Crippen LogP contribution in [0, 0.1) is 0 Å². The molecule has 31 heavy (non-hydrogen) atoms. The number of aliphatic hydroxyl groups is 1. The summed E-state index contributed by atoms with van der Waals surface area (Å²) in [5, 5.41) is 10.3. The zero-order valence-electron chi connectivity index (χ0n) is 17.4. The number of ether oxygens (including phenoxy) is 1. The Kier molecular flexibility index (Phi) is 5.73. The largest absolute Gasteiger partial charge is 0.497 e. The molecule has 160 valence electrons. The van der Waals surface area contributed by atoms with Gasteiger partial charge in [0.25, 0.3) is 5.91 Å². The Morgan fingerprint density at radius 2 is 2.03 bits per heavy atom. The highest BCUT2D eigenvalue weighted by Gasteiger charge is 2.20. The van der Waals surface area contributed by atoms with Gasteiger partial charge in [0.05, 0.1) is 25.6 Å². The Bertz CT molecular complexity index is 1190. The summed E-state index contributed by atoms with van der Waals surface area (Å²) in [6.45, 7) is 1.71. The number of methoxy groups -OCH3 is 1. The van der Waals surface area contributed by atoms with E-state index in [2.05, 4.69) is 9.97 Å². The van der Waals surface area contributed by atoms with Crippen molar-refractivity contribution < 1.29 is 19.1 Å². The van der Waals surface area contributed by atoms with Gasteiger partial charge in [-0.3, -0.25) is 4.79 Å². The van der Waals surface area contributed by atoms with E-state index in [-0.39, 0.29) is 11.7 Å². The fourth-order valence-electron chi connectivity index (χ4n) is 3.65. The van der Waals surface area contributed by atoms with Crippen molar-refractivity contribution in [3.8, 4) is 17.2 Å². The second kappa shape index (κ2) is 8.61. The summed E-state index contributed by atoms with van der Waals surface area (Å²) in [4.78, 5) is 20.0. The van der Waals surface area contributed by atoms with Crippen LogP contribution < -0.4 is 10.5 Å². The molecule has 4 aromatic rings. The van der Waals surface area contributed by atoms with Crippen LogP contribution in [0.25, 0.3) is 22.6 Å². The summed E-state index contributed by atoms with van der Waals surface area (Å²) in [7, 11) is 1.62. The van der Waals surface area contributed by atoms with Crippen molar-refractivity contribution in [1.29, 1.82) is 0 Å². The first-order valence-corrected chi connectivity index (χ1v) is 10.0. The Labute approximate surface area is 179 Å². The molecule has 2 aromatic heterocycles. The number of benzene rings is 2. The maximum Gasteiger partial charge on any atom is 0.268 e. The molecule has 2 unspecified atom stereocenters. The molecule has 0 aliphatic rings. The van der Waals surface area contributed by atoms with Gasteiger partial charge in [0, 0.05) is 11.8 Å². The number of carbonyl (C=O) groups excluding carboxylic acids is 1. The molecule has 0 bridgehead atoms. The van der Waals surface area contributed by atoms with Gasteiger partial charge in [0.1, 0.15) is 17.0 Å². The minimum atomic E-state index is -0.640. The van der Waals surface area contributed by atoms with E-state index < -0.39 is 12.0 Å². The molecule has 2 atom stereocenters. The number of para-hydroxylation sites is 1. The van der Waals surface area contributed by atoms with Crippen molar-refractivity contribution in [2.45, 2.75) is 31.9 Å². The monoisotopic (exact) mass is 420 g/mol. The number of primary amides is 1. The Hall–Kier alpha value is -3.65. The van der Waals surface area contributed by atoms with Crippen molar-refractivity contribution in [3.63, 3.8) is 0 Å². The van der Waals surface area contributed by atoms with E-state index >= 15 is 0 Å². The number of fused-ring (bicyclic) bond motifs is 1. The zero-order chi connectivity index (χ0) is 22.0. The van der Waals surface area contributed by atoms with E-state index in [1.807, 2.05) is 42.5 Å². The molecule has 0 aliphatic heterocycles. The fraction of sp³-hybridized carbons (Fsp3) is 0.261. The summed E-state index contributed by atoms with van der Waals surface area (Å²) in [5.74, 6) is 0.710. The molecule has 4 rings (SSSR count). The summed E-state index contributed by atoms with van der Waals surface area (Å²) in [5.41, 5.74) is 8.82. The summed E-state index contributed by atoms with van der Waals surface area (Å²) < 4.78 is 13.0. The van der Waals surface area contributed by atoms with Gasteiger partial charge < -0.3 is 24.6 Å². The normalized spacial score (nSPS) is 13.3. The first-order chi connectivity index (χ1) is 15.0. The molecule has 1 amide bonds. The first kappa shape index (κ1) is 20.6. The highest BCUT2D eigenvalue weighted by atomic mass is 16.5. The number of nitrogens with zero attached hydrogens (tertiary/aromatic N) is 3. The number of nitrogens with two attached hydrogens (primary N) is 1. The maximum absolute atomic E-state index is 11.3. The number of amides is 1. The quantitative estimate of drug-likeness (QED) is 0.451. The van der Waals surface area contributed by atoms with Crippen LogP contribution in [0.1, 0.15) is 35.4 Å². The predicted octanol–water partition coefficient (Wildman–Crippen LogP) is 3.35. The molecular formula is C23H24N4O4. The Morgan fingerprint density at radius 1 is 1.26 bits per heavy atom. The summed E-state index contributed by atoms with van der Waals surface area (Å²) in [6.07, 6.45) is 3.71. The third kappa shape index (κ3) is 4.29. The maximum atomic E-state index is 11.3. The number of aromatic nitrogens is 3. The van der Waals surface area contributed by atoms with Gasteiger partial charge in [-0.25, -0.2) is 9.97 Å². The highest BCUT2D eigenvalue weighted by molar-refractivity contribution is 5.90. The van der Waals surface area contributed by atoms with Crippen molar-refractivity contribution >= 4 is 17.0 Å². The van der Waals surface area contributed by atoms with Crippen LogP contribution in [-0.4, -0.2) is 38.8 Å². The number of carbonyl (C=O) groups is 1. The molecule has 8 heteroatoms. The standard InChI is InChI=1S/C23H24N4O4/c1-14(28)20(27-12-19(22(24)29)25-13-27)11-8-15-4-3-5-18-21(15)31-23(26-18)16-6-9-17(30-2)10-7-16/h3-7,9-10,12-14,20,28H,8,11H2,1-2H3,(H2,24,29). The molecule has 2 aromatic carbocycles. The van der Waals surface area contributed by atoms with Crippen molar-refractivity contribution in [1.82, 2.24) is 14.5 Å². The van der Waals surface area contributed by atoms with E-state index in [4.69, 9.17) is 14.9 Å². The minimum Gasteiger partial charge on any atom is -0.497 e. The van der Waals surface area contributed by atoms with Crippen molar-refractivity contribution in [2.24, 2.45) is 5.73 Å². The molecule has 0 aliphatic carbocycles. The third-order valence-corrected chi connectivity index (χ3v) is 5.34. The third-order valence-electron chi connectivity index (χ3n) is 5.34. The van der Waals surface area contributed by atoms with Crippen LogP contribution in [0.3, 0.4) is 0 Å². The van der Waals surface area contributed by atoms with Gasteiger partial charge in [-0.1, -0.05) is 12.1 Å². The van der Waals surface area contributed by atoms with E-state index in [1.165, 1.54) is 6.33 Å². The number of aryl methyl sites for hydroxylation is 1. The van der Waals surface area contributed by atoms with Crippen molar-refractivity contribution in [3.05, 3.63) is 66.2 Å². The smallest absolute Gasteiger partial charge is 0.268 e. The van der Waals surface area contributed by atoms with Crippen LogP contribution in [0.2, 0.25) is 0 Å². The molecule has 2 heterocycles. The van der Waals surface area contributed by atoms with Crippen LogP contribution in [0.15, 0.2) is 59.4 Å². The highest BCUT2D eigenvalue weighted by Crippen LogP contribution is 2.29. The topological polar surface area (TPSA) is 116 Å². The Balaban J connectivity index is 1.58. The number of oxazole rings is 1. The van der Waals surface area contributed by atoms with E-state index in [0.717, 1.165) is 28.0 Å². The number of hydrogen-bond donors (Lipinski definition) is 2. The lowest BCUT2D eigenvalue weighted by Crippen LogP contribution is -2.21. The van der Waals surface area contributed by atoms with Gasteiger partial charge in [0.2, 0.25) is 5.89 Å². The average molecular weight is 420 g/mol. The number of hydrogen-bond acceptors (Lipinski definition) is 6. The van der Waals surface area contributed by atoms with Crippen LogP contribution in [0.4, 0.5) is 0 Å². The van der Waals surface area contributed by atoms with E-state index in [1.54, 1.807) is 24.8 Å². The second-order valence-electron chi connectivity index (χ2n) is 7.43. The Morgan fingerprint density at radius 3 is 2.68 bits per heavy atom. The summed E-state index contributed by atoms with van der Waals surface area (Å²) in [6, 6.07) is 13.1. The molecule has 0 fully saturated rings. The lowest BCUT2D eigenvalue weighted by molar-refractivity contribution is 0.0994. The molecular weight excluding hydrogens is 396 g/mol. The van der Waals surface area contributed by atoms with Crippen LogP contribution >= 0.6 is 0 Å². The molecule has 8 nitrogen and oxygen atoms in total. The van der Waals surface area contributed by atoms with Gasteiger partial charge in [0.15, 0.2) is 5.58 Å². The zero-order valence-corrected chi connectivity index (χ0v) is 17.4. The minimum absolute atomic E-state index is 0.173. The SMILES string of the molecule is COc1ccc(-c2nc3cccc(CCC(C(C)O)n4cnc(C(N)=O)c4)c3o2)cc1. The lowest BCUT2D eigenvalue weighted by atomic mass is 10.0. The predicted molar refractivity (Wildman–Crippen MR) is 116 cm³/mol. The molecule has 0 radical (unpaired) electrons.